The molecule has 0 unspecified atom stereocenters. The van der Waals surface area contributed by atoms with Crippen LogP contribution in [-0.4, -0.2) is 29.8 Å². The Balaban J connectivity index is 2.16. The van der Waals surface area contributed by atoms with Crippen LogP contribution in [0, 0.1) is 6.92 Å². The van der Waals surface area contributed by atoms with Crippen molar-refractivity contribution in [1.29, 1.82) is 0 Å². The Labute approximate surface area is 91.8 Å². The number of nitrogens with two attached hydrogens (primary N) is 1. The molecule has 1 aliphatic heterocycles. The minimum Gasteiger partial charge on any atom is -0.399 e. The van der Waals surface area contributed by atoms with Gasteiger partial charge in [0.15, 0.2) is 0 Å². The molecule has 2 rings (SSSR count). The zero-order chi connectivity index (χ0) is 11.9. The molecule has 1 aromatic rings. The fourth-order valence-corrected chi connectivity index (χ4v) is 1.75. The minimum atomic E-state index is -2.72. The number of rotatable bonds is 1. The lowest BCUT2D eigenvalue weighted by Gasteiger charge is -2.38. The van der Waals surface area contributed by atoms with E-state index in [0.717, 1.165) is 4.90 Å². The van der Waals surface area contributed by atoms with E-state index in [9.17, 15) is 13.6 Å². The molecule has 0 spiro atoms. The highest BCUT2D eigenvalue weighted by molar-refractivity contribution is 5.96. The Hall–Kier alpha value is -1.65. The van der Waals surface area contributed by atoms with Crippen LogP contribution < -0.4 is 5.73 Å². The van der Waals surface area contributed by atoms with Gasteiger partial charge in [-0.1, -0.05) is 0 Å². The van der Waals surface area contributed by atoms with Gasteiger partial charge >= 0.3 is 0 Å². The highest BCUT2D eigenvalue weighted by atomic mass is 19.3. The third-order valence-electron chi connectivity index (χ3n) is 2.61. The van der Waals surface area contributed by atoms with Crippen LogP contribution in [-0.2, 0) is 0 Å². The molecule has 16 heavy (non-hydrogen) atoms. The molecule has 1 heterocycles. The molecular formula is C11H12F2N2O. The van der Waals surface area contributed by atoms with Gasteiger partial charge in [0.1, 0.15) is 0 Å². The Morgan fingerprint density at radius 1 is 1.44 bits per heavy atom. The number of anilines is 1. The molecule has 86 valence electrons. The van der Waals surface area contributed by atoms with Gasteiger partial charge in [0.05, 0.1) is 13.1 Å². The van der Waals surface area contributed by atoms with Crippen molar-refractivity contribution >= 4 is 11.6 Å². The second-order valence-electron chi connectivity index (χ2n) is 4.09. The summed E-state index contributed by atoms with van der Waals surface area (Å²) in [5.41, 5.74) is 7.25. The quantitative estimate of drug-likeness (QED) is 0.740. The summed E-state index contributed by atoms with van der Waals surface area (Å²) in [4.78, 5) is 12.9. The van der Waals surface area contributed by atoms with Crippen LogP contribution in [0.2, 0.25) is 0 Å². The molecule has 1 fully saturated rings. The number of hydrogen-bond donors (Lipinski definition) is 1. The number of halogens is 2. The van der Waals surface area contributed by atoms with Gasteiger partial charge in [-0.25, -0.2) is 8.78 Å². The molecule has 0 aliphatic carbocycles. The molecule has 0 bridgehead atoms. The minimum absolute atomic E-state index is 0.358. The SMILES string of the molecule is Cc1cc(N)ccc1C(=O)N1CC(F)(F)C1. The molecule has 2 N–H and O–H groups in total. The predicted molar refractivity (Wildman–Crippen MR) is 56.4 cm³/mol. The summed E-state index contributed by atoms with van der Waals surface area (Å²) in [5, 5.41) is 0. The summed E-state index contributed by atoms with van der Waals surface area (Å²) < 4.78 is 25.2. The molecular weight excluding hydrogens is 214 g/mol. The van der Waals surface area contributed by atoms with E-state index in [-0.39, 0.29) is 5.91 Å². The molecule has 5 heteroatoms. The molecule has 0 saturated carbocycles. The van der Waals surface area contributed by atoms with Crippen molar-refractivity contribution in [2.45, 2.75) is 12.8 Å². The number of amides is 1. The van der Waals surface area contributed by atoms with E-state index in [0.29, 0.717) is 16.8 Å². The third-order valence-corrected chi connectivity index (χ3v) is 2.61. The summed E-state index contributed by atoms with van der Waals surface area (Å²) in [7, 11) is 0. The number of carbonyl (C=O) groups excluding carboxylic acids is 1. The maximum atomic E-state index is 12.6. The monoisotopic (exact) mass is 226 g/mol. The van der Waals surface area contributed by atoms with E-state index in [2.05, 4.69) is 0 Å². The number of nitrogens with zero attached hydrogens (tertiary/aromatic N) is 1. The van der Waals surface area contributed by atoms with Crippen molar-refractivity contribution in [1.82, 2.24) is 4.90 Å². The zero-order valence-corrected chi connectivity index (χ0v) is 8.84. The van der Waals surface area contributed by atoms with Crippen LogP contribution in [0.3, 0.4) is 0 Å². The first-order valence-corrected chi connectivity index (χ1v) is 4.92. The number of nitrogen functional groups attached to an aromatic ring is 1. The van der Waals surface area contributed by atoms with Gasteiger partial charge in [-0.2, -0.15) is 0 Å². The van der Waals surface area contributed by atoms with Crippen LogP contribution in [0.5, 0.6) is 0 Å². The lowest BCUT2D eigenvalue weighted by Crippen LogP contribution is -2.58. The first-order valence-electron chi connectivity index (χ1n) is 4.92. The summed E-state index contributed by atoms with van der Waals surface area (Å²) >= 11 is 0. The van der Waals surface area contributed by atoms with Gasteiger partial charge in [-0.3, -0.25) is 4.79 Å². The van der Waals surface area contributed by atoms with E-state index < -0.39 is 19.0 Å². The molecule has 0 atom stereocenters. The van der Waals surface area contributed by atoms with Crippen molar-refractivity contribution in [2.75, 3.05) is 18.8 Å². The number of likely N-dealkylation sites (tertiary alicyclic amines) is 1. The maximum absolute atomic E-state index is 12.6. The van der Waals surface area contributed by atoms with Crippen molar-refractivity contribution in [3.63, 3.8) is 0 Å². The largest absolute Gasteiger partial charge is 0.399 e. The van der Waals surface area contributed by atoms with Crippen molar-refractivity contribution in [3.8, 4) is 0 Å². The first-order chi connectivity index (χ1) is 7.39. The van der Waals surface area contributed by atoms with E-state index in [4.69, 9.17) is 5.73 Å². The summed E-state index contributed by atoms with van der Waals surface area (Å²) in [6.07, 6.45) is 0. The van der Waals surface area contributed by atoms with Gasteiger partial charge in [0.2, 0.25) is 0 Å². The first kappa shape index (κ1) is 10.9. The number of aryl methyl sites for hydroxylation is 1. The Morgan fingerprint density at radius 2 is 2.06 bits per heavy atom. The lowest BCUT2D eigenvalue weighted by atomic mass is 10.0. The van der Waals surface area contributed by atoms with Crippen LogP contribution in [0.4, 0.5) is 14.5 Å². The maximum Gasteiger partial charge on any atom is 0.282 e. The average molecular weight is 226 g/mol. The molecule has 3 nitrogen and oxygen atoms in total. The smallest absolute Gasteiger partial charge is 0.282 e. The van der Waals surface area contributed by atoms with Gasteiger partial charge in [0.25, 0.3) is 11.8 Å². The van der Waals surface area contributed by atoms with E-state index in [1.807, 2.05) is 0 Å². The zero-order valence-electron chi connectivity index (χ0n) is 8.84. The Morgan fingerprint density at radius 3 is 2.56 bits per heavy atom. The number of alkyl halides is 2. The topological polar surface area (TPSA) is 46.3 Å². The fourth-order valence-electron chi connectivity index (χ4n) is 1.75. The second-order valence-corrected chi connectivity index (χ2v) is 4.09. The van der Waals surface area contributed by atoms with E-state index >= 15 is 0 Å². The summed E-state index contributed by atoms with van der Waals surface area (Å²) in [6, 6.07) is 4.83. The molecule has 0 aromatic heterocycles. The predicted octanol–water partition coefficient (Wildman–Crippen LogP) is 1.67. The van der Waals surface area contributed by atoms with Crippen LogP contribution in [0.25, 0.3) is 0 Å². The summed E-state index contributed by atoms with van der Waals surface area (Å²) in [6.45, 7) is 0.757. The second kappa shape index (κ2) is 3.43. The van der Waals surface area contributed by atoms with Gasteiger partial charge in [0, 0.05) is 11.3 Å². The molecule has 1 aromatic carbocycles. The van der Waals surface area contributed by atoms with Crippen molar-refractivity contribution in [2.24, 2.45) is 0 Å². The molecule has 1 amide bonds. The van der Waals surface area contributed by atoms with Gasteiger partial charge < -0.3 is 10.6 Å². The third kappa shape index (κ3) is 1.85. The normalized spacial score (nSPS) is 18.1. The van der Waals surface area contributed by atoms with E-state index in [1.54, 1.807) is 25.1 Å². The van der Waals surface area contributed by atoms with Gasteiger partial charge in [-0.05, 0) is 30.7 Å². The Bertz CT molecular complexity index is 438. The summed E-state index contributed by atoms with van der Waals surface area (Å²) in [5.74, 6) is -3.08. The lowest BCUT2D eigenvalue weighted by molar-refractivity contribution is -0.113. The highest BCUT2D eigenvalue weighted by Gasteiger charge is 2.46. The van der Waals surface area contributed by atoms with Crippen LogP contribution in [0.1, 0.15) is 15.9 Å². The Kier molecular flexibility index (Phi) is 2.33. The number of benzene rings is 1. The van der Waals surface area contributed by atoms with Crippen LogP contribution >= 0.6 is 0 Å². The standard InChI is InChI=1S/C11H12F2N2O/c1-7-4-8(14)2-3-9(7)10(16)15-5-11(12,13)6-15/h2-4H,5-6,14H2,1H3. The number of hydrogen-bond acceptors (Lipinski definition) is 2. The molecule has 1 aliphatic rings. The van der Waals surface area contributed by atoms with Gasteiger partial charge in [-0.15, -0.1) is 0 Å². The average Bonchev–Trinajstić information content (AvgIpc) is 2.13. The van der Waals surface area contributed by atoms with E-state index in [1.165, 1.54) is 0 Å². The molecule has 0 radical (unpaired) electrons. The van der Waals surface area contributed by atoms with Crippen LogP contribution in [0.15, 0.2) is 18.2 Å². The molecule has 1 saturated heterocycles. The van der Waals surface area contributed by atoms with Crippen molar-refractivity contribution < 1.29 is 13.6 Å². The highest BCUT2D eigenvalue weighted by Crippen LogP contribution is 2.28. The van der Waals surface area contributed by atoms with Crippen molar-refractivity contribution in [3.05, 3.63) is 29.3 Å². The fraction of sp³-hybridized carbons (Fsp3) is 0.364. The number of carbonyl (C=O) groups is 1.